The molecule has 0 saturated heterocycles. The molecule has 0 radical (unpaired) electrons. The number of rotatable bonds is 6. The number of carbonyl (C=O) groups excluding carboxylic acids is 1. The summed E-state index contributed by atoms with van der Waals surface area (Å²) in [4.78, 5) is 14.1. The van der Waals surface area contributed by atoms with Gasteiger partial charge in [-0.25, -0.2) is 8.42 Å². The molecule has 142 valence electrons. The van der Waals surface area contributed by atoms with Crippen molar-refractivity contribution in [1.29, 1.82) is 5.26 Å². The number of sulfonamides is 1. The van der Waals surface area contributed by atoms with Crippen LogP contribution in [0.15, 0.2) is 71.6 Å². The lowest BCUT2D eigenvalue weighted by atomic mass is 10.1. The average Bonchev–Trinajstić information content (AvgIpc) is 2.72. The summed E-state index contributed by atoms with van der Waals surface area (Å²) in [6.07, 6.45) is -0.936. The van der Waals surface area contributed by atoms with Crippen molar-refractivity contribution in [3.05, 3.63) is 72.3 Å². The number of ether oxygens (including phenoxy) is 1. The third-order valence-corrected chi connectivity index (χ3v) is 5.23. The summed E-state index contributed by atoms with van der Waals surface area (Å²) < 4.78 is 30.1. The second-order valence-corrected chi connectivity index (χ2v) is 7.69. The minimum atomic E-state index is -4.01. The largest absolute Gasteiger partial charge is 0.481 e. The minimum Gasteiger partial charge on any atom is -0.481 e. The molecule has 7 nitrogen and oxygen atoms in total. The lowest BCUT2D eigenvalue weighted by Crippen LogP contribution is -2.47. The van der Waals surface area contributed by atoms with Gasteiger partial charge in [-0.1, -0.05) is 36.4 Å². The van der Waals surface area contributed by atoms with Gasteiger partial charge >= 0.3 is 0 Å². The van der Waals surface area contributed by atoms with Crippen LogP contribution in [-0.2, 0) is 14.8 Å². The van der Waals surface area contributed by atoms with Gasteiger partial charge in [-0.3, -0.25) is 10.2 Å². The lowest BCUT2D eigenvalue weighted by molar-refractivity contribution is -0.127. The first-order valence-electron chi connectivity index (χ1n) is 8.36. The van der Waals surface area contributed by atoms with Gasteiger partial charge < -0.3 is 4.74 Å². The second kappa shape index (κ2) is 8.08. The molecule has 3 aromatic rings. The number of fused-ring (bicyclic) bond motifs is 1. The summed E-state index contributed by atoms with van der Waals surface area (Å²) in [5.41, 5.74) is 2.33. The van der Waals surface area contributed by atoms with E-state index in [2.05, 4.69) is 5.43 Å². The van der Waals surface area contributed by atoms with Crippen LogP contribution in [0.25, 0.3) is 10.8 Å². The van der Waals surface area contributed by atoms with E-state index >= 15 is 0 Å². The Balaban J connectivity index is 1.64. The first-order valence-corrected chi connectivity index (χ1v) is 9.85. The fourth-order valence-corrected chi connectivity index (χ4v) is 3.40. The maximum atomic E-state index is 12.3. The molecule has 1 amide bonds. The van der Waals surface area contributed by atoms with E-state index in [9.17, 15) is 13.2 Å². The highest BCUT2D eigenvalue weighted by molar-refractivity contribution is 7.89. The van der Waals surface area contributed by atoms with Gasteiger partial charge in [0.2, 0.25) is 0 Å². The molecular weight excluding hydrogens is 378 g/mol. The molecule has 28 heavy (non-hydrogen) atoms. The van der Waals surface area contributed by atoms with Gasteiger partial charge in [-0.05, 0) is 48.0 Å². The van der Waals surface area contributed by atoms with E-state index in [-0.39, 0.29) is 10.5 Å². The van der Waals surface area contributed by atoms with E-state index in [0.717, 1.165) is 10.8 Å². The fraction of sp³-hybridized carbons (Fsp3) is 0.100. The Hall–Kier alpha value is -3.41. The molecule has 3 aromatic carbocycles. The van der Waals surface area contributed by atoms with E-state index in [1.807, 2.05) is 41.2 Å². The van der Waals surface area contributed by atoms with Crippen LogP contribution in [0.4, 0.5) is 0 Å². The summed E-state index contributed by atoms with van der Waals surface area (Å²) in [6.45, 7) is 1.51. The van der Waals surface area contributed by atoms with E-state index in [1.54, 1.807) is 12.1 Å². The van der Waals surface area contributed by atoms with E-state index in [4.69, 9.17) is 10.00 Å². The zero-order valence-corrected chi connectivity index (χ0v) is 15.7. The summed E-state index contributed by atoms with van der Waals surface area (Å²) in [5, 5.41) is 10.9. The first-order chi connectivity index (χ1) is 13.4. The summed E-state index contributed by atoms with van der Waals surface area (Å²) in [6, 6.07) is 20.5. The molecule has 0 heterocycles. The lowest BCUT2D eigenvalue weighted by Gasteiger charge is -2.15. The molecule has 0 spiro atoms. The quantitative estimate of drug-likeness (QED) is 0.624. The molecule has 8 heteroatoms. The average molecular weight is 395 g/mol. The molecule has 0 aliphatic rings. The van der Waals surface area contributed by atoms with Gasteiger partial charge in [0, 0.05) is 0 Å². The highest BCUT2D eigenvalue weighted by Crippen LogP contribution is 2.21. The standard InChI is InChI=1S/C20H17N3O4S/c1-14(27-18-10-9-16-6-2-3-7-17(16)12-18)20(24)22-23-28(25,26)19-8-4-5-15(11-19)13-21/h2-12,14,23H,1H3,(H,22,24). The fourth-order valence-electron chi connectivity index (χ4n) is 2.51. The molecule has 1 atom stereocenters. The van der Waals surface area contributed by atoms with Crippen LogP contribution in [0.1, 0.15) is 12.5 Å². The van der Waals surface area contributed by atoms with Gasteiger partial charge in [-0.15, -0.1) is 4.83 Å². The Kier molecular flexibility index (Phi) is 5.59. The van der Waals surface area contributed by atoms with Gasteiger partial charge in [0.25, 0.3) is 15.9 Å². The molecule has 0 aliphatic heterocycles. The number of hydrogen-bond acceptors (Lipinski definition) is 5. The molecular formula is C20H17N3O4S. The Morgan fingerprint density at radius 1 is 1.04 bits per heavy atom. The molecule has 0 aliphatic carbocycles. The Morgan fingerprint density at radius 2 is 1.79 bits per heavy atom. The summed E-state index contributed by atoms with van der Waals surface area (Å²) >= 11 is 0. The predicted octanol–water partition coefficient (Wildman–Crippen LogP) is 2.49. The topological polar surface area (TPSA) is 108 Å². The van der Waals surface area contributed by atoms with Crippen molar-refractivity contribution in [2.45, 2.75) is 17.9 Å². The summed E-state index contributed by atoms with van der Waals surface area (Å²) in [7, 11) is -4.01. The van der Waals surface area contributed by atoms with E-state index < -0.39 is 22.0 Å². The van der Waals surface area contributed by atoms with Crippen LogP contribution in [0.3, 0.4) is 0 Å². The van der Waals surface area contributed by atoms with Crippen molar-refractivity contribution < 1.29 is 17.9 Å². The minimum absolute atomic E-state index is 0.130. The molecule has 0 aromatic heterocycles. The van der Waals surface area contributed by atoms with Gasteiger partial charge in [0.15, 0.2) is 6.10 Å². The Labute approximate surface area is 162 Å². The molecule has 2 N–H and O–H groups in total. The third-order valence-electron chi connectivity index (χ3n) is 3.99. The molecule has 1 unspecified atom stereocenters. The van der Waals surface area contributed by atoms with Crippen LogP contribution in [0.2, 0.25) is 0 Å². The van der Waals surface area contributed by atoms with E-state index in [1.165, 1.54) is 31.2 Å². The highest BCUT2D eigenvalue weighted by atomic mass is 32.2. The first kappa shape index (κ1) is 19.4. The number of nitriles is 1. The number of nitrogens with one attached hydrogen (secondary N) is 2. The third kappa shape index (κ3) is 4.46. The van der Waals surface area contributed by atoms with Gasteiger partial charge in [-0.2, -0.15) is 5.26 Å². The number of hydrazine groups is 1. The molecule has 0 bridgehead atoms. The number of carbonyl (C=O) groups is 1. The highest BCUT2D eigenvalue weighted by Gasteiger charge is 2.19. The SMILES string of the molecule is CC(Oc1ccc2ccccc2c1)C(=O)NNS(=O)(=O)c1cccc(C#N)c1. The number of hydrogen-bond donors (Lipinski definition) is 2. The zero-order valence-electron chi connectivity index (χ0n) is 14.9. The van der Waals surface area contributed by atoms with Gasteiger partial charge in [0.05, 0.1) is 16.5 Å². The van der Waals surface area contributed by atoms with Crippen LogP contribution in [-0.4, -0.2) is 20.4 Å². The van der Waals surface area contributed by atoms with Crippen LogP contribution >= 0.6 is 0 Å². The van der Waals surface area contributed by atoms with Crippen molar-refractivity contribution in [2.24, 2.45) is 0 Å². The predicted molar refractivity (Wildman–Crippen MR) is 104 cm³/mol. The van der Waals surface area contributed by atoms with Crippen LogP contribution in [0, 0.1) is 11.3 Å². The van der Waals surface area contributed by atoms with Crippen LogP contribution in [0.5, 0.6) is 5.75 Å². The Morgan fingerprint density at radius 3 is 2.54 bits per heavy atom. The van der Waals surface area contributed by atoms with Crippen molar-refractivity contribution in [1.82, 2.24) is 10.3 Å². The second-order valence-electron chi connectivity index (χ2n) is 6.00. The number of nitrogens with zero attached hydrogens (tertiary/aromatic N) is 1. The monoisotopic (exact) mass is 395 g/mol. The number of benzene rings is 3. The molecule has 0 fully saturated rings. The van der Waals surface area contributed by atoms with Crippen molar-refractivity contribution in [3.8, 4) is 11.8 Å². The zero-order chi connectivity index (χ0) is 20.1. The maximum absolute atomic E-state index is 12.3. The van der Waals surface area contributed by atoms with Gasteiger partial charge in [0.1, 0.15) is 5.75 Å². The number of amides is 1. The van der Waals surface area contributed by atoms with E-state index in [0.29, 0.717) is 5.75 Å². The van der Waals surface area contributed by atoms with Crippen molar-refractivity contribution in [2.75, 3.05) is 0 Å². The summed E-state index contributed by atoms with van der Waals surface area (Å²) in [5.74, 6) is -0.168. The maximum Gasteiger partial charge on any atom is 0.275 e. The molecule has 0 saturated carbocycles. The van der Waals surface area contributed by atoms with Crippen LogP contribution < -0.4 is 15.0 Å². The normalized spacial score (nSPS) is 12.1. The van der Waals surface area contributed by atoms with Crippen molar-refractivity contribution in [3.63, 3.8) is 0 Å². The van der Waals surface area contributed by atoms with Crippen molar-refractivity contribution >= 4 is 26.7 Å². The smallest absolute Gasteiger partial charge is 0.275 e. The molecule has 3 rings (SSSR count). The Bertz CT molecular complexity index is 1170.